The number of aryl methyl sites for hydroxylation is 1. The largest absolute Gasteiger partial charge is 0.384 e. The van der Waals surface area contributed by atoms with Crippen LogP contribution in [-0.2, 0) is 0 Å². The number of nitrogens with two attached hydrogens (primary N) is 1. The molecule has 2 nitrogen and oxygen atoms in total. The molecule has 2 aromatic rings. The zero-order valence-electron chi connectivity index (χ0n) is 8.67. The van der Waals surface area contributed by atoms with Crippen LogP contribution in [0.15, 0.2) is 30.5 Å². The van der Waals surface area contributed by atoms with Crippen molar-refractivity contribution in [3.05, 3.63) is 47.7 Å². The summed E-state index contributed by atoms with van der Waals surface area (Å²) in [5, 5.41) is 0. The minimum Gasteiger partial charge on any atom is -0.384 e. The maximum atomic E-state index is 13.6. The van der Waals surface area contributed by atoms with E-state index < -0.39 is 11.6 Å². The molecule has 4 heteroatoms. The Kier molecular flexibility index (Phi) is 2.56. The van der Waals surface area contributed by atoms with Gasteiger partial charge in [0.15, 0.2) is 11.6 Å². The van der Waals surface area contributed by atoms with E-state index in [4.69, 9.17) is 5.73 Å². The van der Waals surface area contributed by atoms with Crippen molar-refractivity contribution < 1.29 is 8.78 Å². The van der Waals surface area contributed by atoms with E-state index in [1.54, 1.807) is 6.92 Å². The zero-order valence-corrected chi connectivity index (χ0v) is 8.67. The number of benzene rings is 1. The summed E-state index contributed by atoms with van der Waals surface area (Å²) in [6, 6.07) is 5.59. The van der Waals surface area contributed by atoms with Crippen LogP contribution in [0.4, 0.5) is 14.6 Å². The van der Waals surface area contributed by atoms with Crippen molar-refractivity contribution >= 4 is 5.82 Å². The van der Waals surface area contributed by atoms with Gasteiger partial charge >= 0.3 is 0 Å². The van der Waals surface area contributed by atoms with E-state index in [-0.39, 0.29) is 11.4 Å². The second-order valence-corrected chi connectivity index (χ2v) is 3.53. The van der Waals surface area contributed by atoms with Gasteiger partial charge in [0.25, 0.3) is 0 Å². The second-order valence-electron chi connectivity index (χ2n) is 3.53. The number of rotatable bonds is 1. The van der Waals surface area contributed by atoms with Crippen molar-refractivity contribution in [2.24, 2.45) is 0 Å². The van der Waals surface area contributed by atoms with Gasteiger partial charge in [-0.25, -0.2) is 13.8 Å². The minimum atomic E-state index is -0.868. The van der Waals surface area contributed by atoms with Crippen LogP contribution in [0.2, 0.25) is 0 Å². The summed E-state index contributed by atoms with van der Waals surface area (Å²) in [4.78, 5) is 3.88. The number of nitrogen functional groups attached to an aromatic ring is 1. The molecule has 2 rings (SSSR count). The number of hydrogen-bond acceptors (Lipinski definition) is 2. The minimum absolute atomic E-state index is 0.201. The molecule has 16 heavy (non-hydrogen) atoms. The first kappa shape index (κ1) is 10.5. The highest BCUT2D eigenvalue weighted by Crippen LogP contribution is 2.27. The fraction of sp³-hybridized carbons (Fsp3) is 0.0833. The number of halogens is 2. The van der Waals surface area contributed by atoms with Crippen LogP contribution < -0.4 is 5.73 Å². The predicted octanol–water partition coefficient (Wildman–Crippen LogP) is 2.92. The van der Waals surface area contributed by atoms with Crippen molar-refractivity contribution in [3.8, 4) is 11.1 Å². The van der Waals surface area contributed by atoms with Gasteiger partial charge in [-0.1, -0.05) is 12.1 Å². The highest BCUT2D eigenvalue weighted by Gasteiger charge is 2.11. The van der Waals surface area contributed by atoms with Gasteiger partial charge in [0.1, 0.15) is 5.82 Å². The van der Waals surface area contributed by atoms with Crippen LogP contribution in [0.1, 0.15) is 5.56 Å². The quantitative estimate of drug-likeness (QED) is 0.802. The average molecular weight is 220 g/mol. The molecular weight excluding hydrogens is 210 g/mol. The molecule has 2 N–H and O–H groups in total. The molecule has 82 valence electrons. The van der Waals surface area contributed by atoms with Crippen molar-refractivity contribution in [1.82, 2.24) is 4.98 Å². The van der Waals surface area contributed by atoms with Gasteiger partial charge < -0.3 is 5.73 Å². The summed E-state index contributed by atoms with van der Waals surface area (Å²) in [5.74, 6) is -1.45. The lowest BCUT2D eigenvalue weighted by Gasteiger charge is -2.08. The van der Waals surface area contributed by atoms with Gasteiger partial charge in [0.2, 0.25) is 0 Å². The maximum absolute atomic E-state index is 13.6. The first-order chi connectivity index (χ1) is 7.59. The van der Waals surface area contributed by atoms with Crippen LogP contribution in [0.3, 0.4) is 0 Å². The lowest BCUT2D eigenvalue weighted by atomic mass is 10.0. The smallest absolute Gasteiger partial charge is 0.166 e. The Balaban J connectivity index is 2.67. The van der Waals surface area contributed by atoms with Crippen LogP contribution in [0.25, 0.3) is 11.1 Å². The number of nitrogens with zero attached hydrogens (tertiary/aromatic N) is 1. The molecule has 0 fully saturated rings. The number of aromatic nitrogens is 1. The molecule has 0 aliphatic heterocycles. The van der Waals surface area contributed by atoms with Crippen molar-refractivity contribution in [1.29, 1.82) is 0 Å². The van der Waals surface area contributed by atoms with Crippen molar-refractivity contribution in [2.45, 2.75) is 6.92 Å². The Labute approximate surface area is 91.7 Å². The summed E-state index contributed by atoms with van der Waals surface area (Å²) in [7, 11) is 0. The molecule has 0 saturated heterocycles. The number of hydrogen-bond donors (Lipinski definition) is 1. The van der Waals surface area contributed by atoms with Gasteiger partial charge in [0, 0.05) is 11.8 Å². The van der Waals surface area contributed by atoms with Crippen molar-refractivity contribution in [3.63, 3.8) is 0 Å². The standard InChI is InChI=1S/C12H10F2N2/c1-7-6-16-11(15)5-9(7)8-3-2-4-10(13)12(8)14/h2-6H,1H3,(H2,15,16). The second kappa shape index (κ2) is 3.89. The first-order valence-corrected chi connectivity index (χ1v) is 4.76. The van der Waals surface area contributed by atoms with E-state index in [0.29, 0.717) is 5.56 Å². The fourth-order valence-electron chi connectivity index (χ4n) is 1.54. The zero-order chi connectivity index (χ0) is 11.7. The third-order valence-electron chi connectivity index (χ3n) is 2.37. The molecule has 0 bridgehead atoms. The SMILES string of the molecule is Cc1cnc(N)cc1-c1cccc(F)c1F. The van der Waals surface area contributed by atoms with E-state index in [0.717, 1.165) is 11.6 Å². The highest BCUT2D eigenvalue weighted by atomic mass is 19.2. The Morgan fingerprint density at radius 2 is 1.94 bits per heavy atom. The third-order valence-corrected chi connectivity index (χ3v) is 2.37. The molecule has 0 saturated carbocycles. The average Bonchev–Trinajstić information content (AvgIpc) is 2.26. The van der Waals surface area contributed by atoms with Crippen LogP contribution in [-0.4, -0.2) is 4.98 Å². The molecule has 0 spiro atoms. The van der Waals surface area contributed by atoms with Crippen LogP contribution in [0, 0.1) is 18.6 Å². The fourth-order valence-corrected chi connectivity index (χ4v) is 1.54. The predicted molar refractivity (Wildman–Crippen MR) is 58.7 cm³/mol. The van der Waals surface area contributed by atoms with E-state index in [1.165, 1.54) is 24.4 Å². The highest BCUT2D eigenvalue weighted by molar-refractivity contribution is 5.69. The third kappa shape index (κ3) is 1.74. The summed E-state index contributed by atoms with van der Waals surface area (Å²) < 4.78 is 26.6. The lowest BCUT2D eigenvalue weighted by Crippen LogP contribution is -1.95. The van der Waals surface area contributed by atoms with Gasteiger partial charge in [-0.2, -0.15) is 0 Å². The molecule has 0 aliphatic carbocycles. The maximum Gasteiger partial charge on any atom is 0.166 e. The van der Waals surface area contributed by atoms with Gasteiger partial charge in [-0.3, -0.25) is 0 Å². The molecule has 0 unspecified atom stereocenters. The summed E-state index contributed by atoms with van der Waals surface area (Å²) in [5.41, 5.74) is 7.03. The summed E-state index contributed by atoms with van der Waals surface area (Å²) >= 11 is 0. The Hall–Kier alpha value is -1.97. The monoisotopic (exact) mass is 220 g/mol. The normalized spacial score (nSPS) is 10.4. The Bertz CT molecular complexity index is 539. The van der Waals surface area contributed by atoms with Crippen molar-refractivity contribution in [2.75, 3.05) is 5.73 Å². The number of pyridine rings is 1. The molecule has 0 atom stereocenters. The molecule has 0 radical (unpaired) electrons. The van der Waals surface area contributed by atoms with E-state index >= 15 is 0 Å². The van der Waals surface area contributed by atoms with Gasteiger partial charge in [-0.05, 0) is 30.2 Å². The van der Waals surface area contributed by atoms with E-state index in [2.05, 4.69) is 4.98 Å². The number of anilines is 1. The molecule has 0 aliphatic rings. The van der Waals surface area contributed by atoms with Gasteiger partial charge in [0.05, 0.1) is 0 Å². The first-order valence-electron chi connectivity index (χ1n) is 4.76. The Morgan fingerprint density at radius 3 is 2.69 bits per heavy atom. The lowest BCUT2D eigenvalue weighted by molar-refractivity contribution is 0.511. The van der Waals surface area contributed by atoms with Crippen LogP contribution >= 0.6 is 0 Å². The topological polar surface area (TPSA) is 38.9 Å². The summed E-state index contributed by atoms with van der Waals surface area (Å²) in [6.07, 6.45) is 1.54. The molecule has 0 amide bonds. The molecular formula is C12H10F2N2. The Morgan fingerprint density at radius 1 is 1.19 bits per heavy atom. The molecule has 1 aromatic heterocycles. The summed E-state index contributed by atoms with van der Waals surface area (Å²) in [6.45, 7) is 1.77. The molecule has 1 heterocycles. The van der Waals surface area contributed by atoms with E-state index in [1.807, 2.05) is 0 Å². The molecule has 1 aromatic carbocycles. The van der Waals surface area contributed by atoms with Crippen LogP contribution in [0.5, 0.6) is 0 Å². The van der Waals surface area contributed by atoms with Gasteiger partial charge in [-0.15, -0.1) is 0 Å². The van der Waals surface area contributed by atoms with E-state index in [9.17, 15) is 8.78 Å².